The first-order valence-electron chi connectivity index (χ1n) is 9.18. The molecule has 5 nitrogen and oxygen atoms in total. The summed E-state index contributed by atoms with van der Waals surface area (Å²) in [5.74, 6) is -1.38. The number of rotatable bonds is 5. The molecular formula is C18H22F7N3O2. The van der Waals surface area contributed by atoms with Gasteiger partial charge in [0, 0.05) is 6.04 Å². The fourth-order valence-electron chi connectivity index (χ4n) is 3.08. The third-order valence-electron chi connectivity index (χ3n) is 5.09. The topological polar surface area (TPSA) is 64.9 Å². The fraction of sp³-hybridized carbons (Fsp3) is 0.667. The molecule has 1 aliphatic heterocycles. The van der Waals surface area contributed by atoms with Gasteiger partial charge in [0.15, 0.2) is 5.60 Å². The van der Waals surface area contributed by atoms with E-state index in [4.69, 9.17) is 0 Å². The minimum absolute atomic E-state index is 0.114. The molecule has 2 unspecified atom stereocenters. The van der Waals surface area contributed by atoms with Crippen molar-refractivity contribution >= 4 is 11.9 Å². The summed E-state index contributed by atoms with van der Waals surface area (Å²) in [7, 11) is 0. The van der Waals surface area contributed by atoms with Crippen molar-refractivity contribution in [3.05, 3.63) is 23.4 Å². The van der Waals surface area contributed by atoms with Gasteiger partial charge in [-0.3, -0.25) is 10.1 Å². The SMILES string of the molecule is CC1/C(=C\C(=C/CF)C(F)(F)F)N=C(NC(=O)CC(C)(O)C(F)(F)F)N1C1CCC1. The lowest BCUT2D eigenvalue weighted by molar-refractivity contribution is -0.253. The number of carbonyl (C=O) groups excluding carboxylic acids is 1. The summed E-state index contributed by atoms with van der Waals surface area (Å²) < 4.78 is 90.1. The zero-order chi connectivity index (χ0) is 22.9. The maximum absolute atomic E-state index is 13.1. The van der Waals surface area contributed by atoms with E-state index in [0.717, 1.165) is 6.42 Å². The van der Waals surface area contributed by atoms with Crippen molar-refractivity contribution in [3.63, 3.8) is 0 Å². The molecule has 0 aromatic heterocycles. The first kappa shape index (κ1) is 24.2. The van der Waals surface area contributed by atoms with Gasteiger partial charge in [-0.25, -0.2) is 9.38 Å². The average Bonchev–Trinajstić information content (AvgIpc) is 2.79. The number of guanidine groups is 1. The minimum atomic E-state index is -5.05. The van der Waals surface area contributed by atoms with Gasteiger partial charge in [0.2, 0.25) is 11.9 Å². The van der Waals surface area contributed by atoms with Crippen molar-refractivity contribution in [2.24, 2.45) is 4.99 Å². The first-order chi connectivity index (χ1) is 13.7. The quantitative estimate of drug-likeness (QED) is 0.634. The summed E-state index contributed by atoms with van der Waals surface area (Å²) in [5, 5.41) is 11.7. The number of alkyl halides is 7. The minimum Gasteiger partial charge on any atom is -0.380 e. The van der Waals surface area contributed by atoms with Crippen LogP contribution in [0.5, 0.6) is 0 Å². The van der Waals surface area contributed by atoms with Gasteiger partial charge in [0.05, 0.1) is 23.7 Å². The van der Waals surface area contributed by atoms with Crippen LogP contribution in [0.4, 0.5) is 30.7 Å². The van der Waals surface area contributed by atoms with E-state index in [1.165, 1.54) is 11.8 Å². The van der Waals surface area contributed by atoms with Crippen LogP contribution in [-0.2, 0) is 4.79 Å². The first-order valence-corrected chi connectivity index (χ1v) is 9.18. The highest BCUT2D eigenvalue weighted by Gasteiger charge is 2.51. The molecule has 0 aromatic rings. The van der Waals surface area contributed by atoms with Gasteiger partial charge in [-0.15, -0.1) is 0 Å². The normalized spacial score (nSPS) is 24.5. The summed E-state index contributed by atoms with van der Waals surface area (Å²) in [6.45, 7) is 0.624. The van der Waals surface area contributed by atoms with Crippen molar-refractivity contribution in [2.45, 2.75) is 69.6 Å². The number of hydrogen-bond acceptors (Lipinski definition) is 4. The van der Waals surface area contributed by atoms with Gasteiger partial charge in [0.25, 0.3) is 0 Å². The molecule has 2 N–H and O–H groups in total. The second-order valence-corrected chi connectivity index (χ2v) is 7.48. The Labute approximate surface area is 168 Å². The zero-order valence-electron chi connectivity index (χ0n) is 16.2. The molecule has 2 rings (SSSR count). The second-order valence-electron chi connectivity index (χ2n) is 7.48. The van der Waals surface area contributed by atoms with Crippen molar-refractivity contribution in [3.8, 4) is 0 Å². The van der Waals surface area contributed by atoms with Crippen molar-refractivity contribution in [1.29, 1.82) is 0 Å². The lowest BCUT2D eigenvalue weighted by Gasteiger charge is -2.39. The van der Waals surface area contributed by atoms with Gasteiger partial charge < -0.3 is 10.0 Å². The van der Waals surface area contributed by atoms with Gasteiger partial charge in [-0.1, -0.05) is 0 Å². The molecule has 0 saturated heterocycles. The van der Waals surface area contributed by atoms with E-state index >= 15 is 0 Å². The summed E-state index contributed by atoms with van der Waals surface area (Å²) in [4.78, 5) is 17.6. The molecule has 1 saturated carbocycles. The zero-order valence-corrected chi connectivity index (χ0v) is 16.2. The summed E-state index contributed by atoms with van der Waals surface area (Å²) in [6.07, 6.45) is -8.01. The molecule has 1 heterocycles. The largest absolute Gasteiger partial charge is 0.417 e. The van der Waals surface area contributed by atoms with Crippen molar-refractivity contribution < 1.29 is 40.6 Å². The van der Waals surface area contributed by atoms with E-state index in [9.17, 15) is 40.6 Å². The van der Waals surface area contributed by atoms with Crippen LogP contribution in [0.25, 0.3) is 0 Å². The number of aliphatic hydroxyl groups is 1. The smallest absolute Gasteiger partial charge is 0.380 e. The predicted molar refractivity (Wildman–Crippen MR) is 94.0 cm³/mol. The molecule has 1 amide bonds. The number of hydrogen-bond donors (Lipinski definition) is 2. The molecule has 1 fully saturated rings. The van der Waals surface area contributed by atoms with Crippen LogP contribution in [-0.4, -0.2) is 58.6 Å². The molecule has 0 spiro atoms. The Bertz CT molecular complexity index is 750. The second kappa shape index (κ2) is 8.56. The predicted octanol–water partition coefficient (Wildman–Crippen LogP) is 3.76. The molecular weight excluding hydrogens is 423 g/mol. The Hall–Kier alpha value is -2.11. The number of nitrogens with zero attached hydrogens (tertiary/aromatic N) is 2. The third kappa shape index (κ3) is 5.32. The van der Waals surface area contributed by atoms with E-state index in [2.05, 4.69) is 10.3 Å². The molecule has 30 heavy (non-hydrogen) atoms. The van der Waals surface area contributed by atoms with Crippen molar-refractivity contribution in [1.82, 2.24) is 10.2 Å². The Kier molecular flexibility index (Phi) is 6.89. The molecule has 170 valence electrons. The average molecular weight is 445 g/mol. The highest BCUT2D eigenvalue weighted by Crippen LogP contribution is 2.36. The number of carbonyl (C=O) groups is 1. The summed E-state index contributed by atoms with van der Waals surface area (Å²) in [5.41, 5.74) is -4.65. The molecule has 0 aromatic carbocycles. The Balaban J connectivity index is 2.30. The maximum atomic E-state index is 13.1. The number of allylic oxidation sites excluding steroid dienone is 3. The molecule has 2 atom stereocenters. The third-order valence-corrected chi connectivity index (χ3v) is 5.09. The maximum Gasteiger partial charge on any atom is 0.417 e. The standard InChI is InChI=1S/C18H22F7N3O2/c1-10-13(8-11(6-7-19)17(20,21)22)26-15(28(10)12-4-3-5-12)27-14(29)9-16(2,30)18(23,24)25/h6,8,10,12,30H,3-5,7,9H2,1-2H3,(H,26,27,29)/b11-6+,13-8+. The molecule has 0 bridgehead atoms. The van der Waals surface area contributed by atoms with Gasteiger partial charge >= 0.3 is 12.4 Å². The molecule has 12 heteroatoms. The van der Waals surface area contributed by atoms with Crippen LogP contribution < -0.4 is 5.32 Å². The number of nitrogens with one attached hydrogen (secondary N) is 1. The van der Waals surface area contributed by atoms with Crippen LogP contribution in [0.15, 0.2) is 28.4 Å². The lowest BCUT2D eigenvalue weighted by Crippen LogP contribution is -2.53. The van der Waals surface area contributed by atoms with Crippen LogP contribution in [0.1, 0.15) is 39.5 Å². The molecule has 0 radical (unpaired) electrons. The summed E-state index contributed by atoms with van der Waals surface area (Å²) in [6, 6.07) is -0.883. The van der Waals surface area contributed by atoms with E-state index in [1.807, 2.05) is 0 Å². The van der Waals surface area contributed by atoms with Gasteiger partial charge in [0.1, 0.15) is 6.67 Å². The van der Waals surface area contributed by atoms with Crippen LogP contribution >= 0.6 is 0 Å². The lowest BCUT2D eigenvalue weighted by atomic mass is 9.90. The van der Waals surface area contributed by atoms with Crippen molar-refractivity contribution in [2.75, 3.05) is 6.67 Å². The fourth-order valence-corrected chi connectivity index (χ4v) is 3.08. The molecule has 2 aliphatic rings. The number of amides is 1. The number of halogens is 7. The van der Waals surface area contributed by atoms with Gasteiger partial charge in [-0.2, -0.15) is 26.3 Å². The van der Waals surface area contributed by atoms with E-state index in [0.29, 0.717) is 31.9 Å². The van der Waals surface area contributed by atoms with E-state index in [-0.39, 0.29) is 17.7 Å². The van der Waals surface area contributed by atoms with E-state index in [1.54, 1.807) is 0 Å². The Morgan fingerprint density at radius 1 is 1.27 bits per heavy atom. The molecule has 1 aliphatic carbocycles. The van der Waals surface area contributed by atoms with Gasteiger partial charge in [-0.05, 0) is 45.3 Å². The van der Waals surface area contributed by atoms with E-state index < -0.39 is 48.6 Å². The van der Waals surface area contributed by atoms with Crippen LogP contribution in [0, 0.1) is 0 Å². The Morgan fingerprint density at radius 3 is 2.30 bits per heavy atom. The monoisotopic (exact) mass is 445 g/mol. The van der Waals surface area contributed by atoms with Crippen LogP contribution in [0.2, 0.25) is 0 Å². The highest BCUT2D eigenvalue weighted by atomic mass is 19.4. The number of aliphatic imine (C=N–C) groups is 1. The highest BCUT2D eigenvalue weighted by molar-refractivity contribution is 5.99. The Morgan fingerprint density at radius 2 is 1.87 bits per heavy atom. The van der Waals surface area contributed by atoms with Crippen LogP contribution in [0.3, 0.4) is 0 Å². The summed E-state index contributed by atoms with van der Waals surface area (Å²) >= 11 is 0.